The fourth-order valence-electron chi connectivity index (χ4n) is 0.226. The molecule has 0 aliphatic rings. The molecule has 0 aliphatic heterocycles. The van der Waals surface area contributed by atoms with Crippen LogP contribution in [0.4, 0.5) is 0 Å². The van der Waals surface area contributed by atoms with Crippen molar-refractivity contribution in [1.29, 1.82) is 0 Å². The SMILES string of the molecule is NCC(O)CC#P=O. The Labute approximate surface area is 49.0 Å². The van der Waals surface area contributed by atoms with Gasteiger partial charge in [0.25, 0.3) is 0 Å². The van der Waals surface area contributed by atoms with E-state index in [9.17, 15) is 4.57 Å². The van der Waals surface area contributed by atoms with Crippen LogP contribution in [0.1, 0.15) is 6.42 Å². The minimum absolute atomic E-state index is 0.166. The maximum absolute atomic E-state index is 9.66. The molecule has 1 unspecified atom stereocenters. The first-order valence-corrected chi connectivity index (χ1v) is 3.06. The van der Waals surface area contributed by atoms with E-state index in [1.165, 1.54) is 0 Å². The molecule has 0 aromatic rings. The van der Waals surface area contributed by atoms with Gasteiger partial charge < -0.3 is 0 Å². The molecular weight excluding hydrogens is 125 g/mol. The van der Waals surface area contributed by atoms with Gasteiger partial charge in [-0.15, -0.1) is 0 Å². The molecule has 0 heterocycles. The van der Waals surface area contributed by atoms with Gasteiger partial charge in [-0.2, -0.15) is 0 Å². The van der Waals surface area contributed by atoms with E-state index in [0.717, 1.165) is 0 Å². The number of rotatable bonds is 2. The molecule has 0 spiro atoms. The second kappa shape index (κ2) is 5.07. The molecule has 0 amide bonds. The van der Waals surface area contributed by atoms with E-state index in [4.69, 9.17) is 10.8 Å². The molecule has 0 radical (unpaired) electrons. The van der Waals surface area contributed by atoms with E-state index in [1.54, 1.807) is 0 Å². The van der Waals surface area contributed by atoms with Crippen molar-refractivity contribution in [3.63, 3.8) is 0 Å². The zero-order chi connectivity index (χ0) is 6.41. The molecule has 0 saturated carbocycles. The van der Waals surface area contributed by atoms with Crippen LogP contribution >= 0.6 is 7.92 Å². The van der Waals surface area contributed by atoms with Crippen LogP contribution in [0.5, 0.6) is 0 Å². The molecule has 1 atom stereocenters. The van der Waals surface area contributed by atoms with Gasteiger partial charge >= 0.3 is 48.0 Å². The summed E-state index contributed by atoms with van der Waals surface area (Å²) >= 11 is 0. The number of hydrogen-bond acceptors (Lipinski definition) is 3. The van der Waals surface area contributed by atoms with Crippen LogP contribution in [0, 0.1) is 5.63 Å². The van der Waals surface area contributed by atoms with E-state index < -0.39 is 6.10 Å². The topological polar surface area (TPSA) is 63.3 Å². The molecule has 8 heavy (non-hydrogen) atoms. The Morgan fingerprint density at radius 3 is 2.88 bits per heavy atom. The van der Waals surface area contributed by atoms with Gasteiger partial charge in [-0.05, 0) is 0 Å². The van der Waals surface area contributed by atoms with Crippen LogP contribution in [-0.4, -0.2) is 17.8 Å². The Morgan fingerprint density at radius 2 is 2.50 bits per heavy atom. The van der Waals surface area contributed by atoms with Crippen molar-refractivity contribution in [3.8, 4) is 5.63 Å². The Kier molecular flexibility index (Phi) is 5.03. The van der Waals surface area contributed by atoms with Crippen LogP contribution in [0.3, 0.4) is 0 Å². The normalized spacial score (nSPS) is 12.2. The van der Waals surface area contributed by atoms with Crippen LogP contribution in [0.15, 0.2) is 0 Å². The van der Waals surface area contributed by atoms with Gasteiger partial charge in [-0.3, -0.25) is 0 Å². The number of aliphatic hydroxyl groups excluding tert-OH is 1. The summed E-state index contributed by atoms with van der Waals surface area (Å²) < 4.78 is 9.66. The summed E-state index contributed by atoms with van der Waals surface area (Å²) in [6.07, 6.45) is -0.307. The van der Waals surface area contributed by atoms with E-state index in [-0.39, 0.29) is 20.9 Å². The van der Waals surface area contributed by atoms with Crippen molar-refractivity contribution in [2.75, 3.05) is 6.54 Å². The molecule has 0 rings (SSSR count). The first-order valence-electron chi connectivity index (χ1n) is 2.24. The third-order valence-corrected chi connectivity index (χ3v) is 0.975. The fraction of sp³-hybridized carbons (Fsp3) is 0.750. The van der Waals surface area contributed by atoms with Crippen molar-refractivity contribution in [1.82, 2.24) is 0 Å². The predicted octanol–water partition coefficient (Wildman–Crippen LogP) is -0.0530. The van der Waals surface area contributed by atoms with E-state index in [2.05, 4.69) is 5.63 Å². The molecule has 0 aliphatic carbocycles. The Morgan fingerprint density at radius 1 is 1.88 bits per heavy atom. The summed E-state index contributed by atoms with van der Waals surface area (Å²) in [5.74, 6) is 0. The second-order valence-electron chi connectivity index (χ2n) is 1.34. The molecule has 46 valence electrons. The molecule has 0 aromatic carbocycles. The summed E-state index contributed by atoms with van der Waals surface area (Å²) in [4.78, 5) is 0. The Balaban J connectivity index is 3.33. The number of nitrogens with two attached hydrogens (primary N) is 1. The van der Waals surface area contributed by atoms with Gasteiger partial charge in [0, 0.05) is 0 Å². The molecule has 0 bridgehead atoms. The third-order valence-electron chi connectivity index (χ3n) is 0.664. The standard InChI is InChI=1S/C4H8NO2P/c5-3-4(6)1-2-8-7/h4,6H,1,3,5H2. The third kappa shape index (κ3) is 4.10. The molecule has 3 nitrogen and oxygen atoms in total. The zero-order valence-electron chi connectivity index (χ0n) is 4.37. The second-order valence-corrected chi connectivity index (χ2v) is 1.84. The number of hydrogen-bond donors (Lipinski definition) is 2. The van der Waals surface area contributed by atoms with Crippen molar-refractivity contribution in [2.24, 2.45) is 5.73 Å². The van der Waals surface area contributed by atoms with Gasteiger partial charge in [-0.1, -0.05) is 0 Å². The molecule has 0 saturated heterocycles. The molecule has 3 N–H and O–H groups in total. The average molecular weight is 133 g/mol. The van der Waals surface area contributed by atoms with Crippen LogP contribution in [0.2, 0.25) is 0 Å². The maximum atomic E-state index is 9.66. The van der Waals surface area contributed by atoms with Crippen LogP contribution < -0.4 is 5.73 Å². The molecule has 0 fully saturated rings. The zero-order valence-corrected chi connectivity index (χ0v) is 5.27. The molecule has 4 heteroatoms. The van der Waals surface area contributed by atoms with Crippen molar-refractivity contribution < 1.29 is 9.67 Å². The quantitative estimate of drug-likeness (QED) is 0.519. The van der Waals surface area contributed by atoms with Crippen LogP contribution in [-0.2, 0) is 4.57 Å². The summed E-state index contributed by atoms with van der Waals surface area (Å²) in [6.45, 7) is 0.197. The first-order chi connectivity index (χ1) is 3.81. The van der Waals surface area contributed by atoms with E-state index in [0.29, 0.717) is 0 Å². The summed E-state index contributed by atoms with van der Waals surface area (Å²) in [7, 11) is -0.166. The minimum atomic E-state index is -0.587. The summed E-state index contributed by atoms with van der Waals surface area (Å²) in [6, 6.07) is 0. The van der Waals surface area contributed by atoms with Crippen molar-refractivity contribution in [3.05, 3.63) is 0 Å². The van der Waals surface area contributed by atoms with Crippen molar-refractivity contribution >= 4 is 7.92 Å². The van der Waals surface area contributed by atoms with Crippen LogP contribution in [0.25, 0.3) is 0 Å². The van der Waals surface area contributed by atoms with Crippen molar-refractivity contribution in [2.45, 2.75) is 12.5 Å². The van der Waals surface area contributed by atoms with Gasteiger partial charge in [0.2, 0.25) is 0 Å². The summed E-state index contributed by atoms with van der Waals surface area (Å²) in [5.41, 5.74) is 7.40. The molecule has 0 aromatic heterocycles. The monoisotopic (exact) mass is 133 g/mol. The molecular formula is C4H8NO2P. The predicted molar refractivity (Wildman–Crippen MR) is 31.2 cm³/mol. The van der Waals surface area contributed by atoms with Gasteiger partial charge in [0.1, 0.15) is 0 Å². The Bertz CT molecular complexity index is 139. The van der Waals surface area contributed by atoms with E-state index in [1.807, 2.05) is 0 Å². The number of aliphatic hydroxyl groups is 1. The van der Waals surface area contributed by atoms with Gasteiger partial charge in [0.15, 0.2) is 0 Å². The fourth-order valence-corrected chi connectivity index (χ4v) is 0.511. The Hall–Kier alpha value is -0.0700. The van der Waals surface area contributed by atoms with E-state index >= 15 is 0 Å². The summed E-state index contributed by atoms with van der Waals surface area (Å²) in [5, 5.41) is 8.66. The van der Waals surface area contributed by atoms with Gasteiger partial charge in [-0.25, -0.2) is 0 Å². The van der Waals surface area contributed by atoms with Gasteiger partial charge in [0.05, 0.1) is 0 Å². The first kappa shape index (κ1) is 7.93. The average Bonchev–Trinajstić information content (AvgIpc) is 1.83.